The van der Waals surface area contributed by atoms with Crippen molar-refractivity contribution in [3.63, 3.8) is 0 Å². The molecule has 2 bridgehead atoms. The summed E-state index contributed by atoms with van der Waals surface area (Å²) in [6.07, 6.45) is 3.77. The molecule has 0 aromatic rings. The average Bonchev–Trinajstić information content (AvgIpc) is 2.90. The van der Waals surface area contributed by atoms with E-state index in [1.807, 2.05) is 20.8 Å². The Bertz CT molecular complexity index is 614. The molecule has 0 N–H and O–H groups in total. The molecule has 0 aromatic carbocycles. The Labute approximate surface area is 149 Å². The van der Waals surface area contributed by atoms with Crippen LogP contribution in [0, 0.1) is 17.8 Å². The second-order valence-corrected chi connectivity index (χ2v) is 7.42. The molecule has 5 nitrogen and oxygen atoms in total. The van der Waals surface area contributed by atoms with Gasteiger partial charge in [-0.1, -0.05) is 32.9 Å². The number of rotatable bonds is 3. The maximum atomic E-state index is 12.4. The first-order chi connectivity index (χ1) is 11.7. The van der Waals surface area contributed by atoms with Gasteiger partial charge in [0.25, 0.3) is 0 Å². The molecule has 0 unspecified atom stereocenters. The molecule has 1 fully saturated rings. The van der Waals surface area contributed by atoms with E-state index in [0.717, 1.165) is 0 Å². The smallest absolute Gasteiger partial charge is 0.334 e. The molecule has 0 spiro atoms. The summed E-state index contributed by atoms with van der Waals surface area (Å²) in [4.78, 5) is 36.8. The minimum Gasteiger partial charge on any atom is -0.459 e. The summed E-state index contributed by atoms with van der Waals surface area (Å²) in [7, 11) is 0. The number of ketones is 1. The lowest BCUT2D eigenvalue weighted by Crippen LogP contribution is -2.40. The van der Waals surface area contributed by atoms with Crippen LogP contribution in [0.4, 0.5) is 0 Å². The summed E-state index contributed by atoms with van der Waals surface area (Å²) in [6, 6.07) is 0. The minimum atomic E-state index is -0.461. The monoisotopic (exact) mass is 348 g/mol. The zero-order valence-corrected chi connectivity index (χ0v) is 15.7. The van der Waals surface area contributed by atoms with Crippen LogP contribution in [0.15, 0.2) is 23.3 Å². The van der Waals surface area contributed by atoms with Gasteiger partial charge in [-0.3, -0.25) is 4.79 Å². The van der Waals surface area contributed by atoms with E-state index in [-0.39, 0.29) is 48.0 Å². The number of esters is 2. The van der Waals surface area contributed by atoms with Gasteiger partial charge in [-0.15, -0.1) is 0 Å². The summed E-state index contributed by atoms with van der Waals surface area (Å²) in [5.41, 5.74) is 1.09. The average molecular weight is 348 g/mol. The molecule has 1 aliphatic heterocycles. The van der Waals surface area contributed by atoms with Gasteiger partial charge in [0.1, 0.15) is 18.0 Å². The van der Waals surface area contributed by atoms with Crippen LogP contribution in [0.1, 0.15) is 53.9 Å². The lowest BCUT2D eigenvalue weighted by Gasteiger charge is -2.34. The lowest BCUT2D eigenvalue weighted by molar-refractivity contribution is -0.157. The number of fused-ring (bicyclic) bond motifs is 2. The molecular formula is C20H28O5. The molecule has 1 aliphatic carbocycles. The molecular weight excluding hydrogens is 320 g/mol. The molecule has 5 heteroatoms. The number of hydrogen-bond acceptors (Lipinski definition) is 5. The maximum absolute atomic E-state index is 12.4. The van der Waals surface area contributed by atoms with Crippen LogP contribution in [0.5, 0.6) is 0 Å². The van der Waals surface area contributed by atoms with Crippen LogP contribution < -0.4 is 0 Å². The summed E-state index contributed by atoms with van der Waals surface area (Å²) in [5, 5.41) is 0. The van der Waals surface area contributed by atoms with Crippen LogP contribution in [0.2, 0.25) is 0 Å². The van der Waals surface area contributed by atoms with Crippen LogP contribution in [0.3, 0.4) is 0 Å². The number of allylic oxidation sites excluding steroid dienone is 2. The zero-order valence-electron chi connectivity index (χ0n) is 15.7. The Morgan fingerprint density at radius 2 is 2.04 bits per heavy atom. The molecule has 1 heterocycles. The Balaban J connectivity index is 2.38. The predicted octanol–water partition coefficient (Wildman–Crippen LogP) is 3.38. The van der Waals surface area contributed by atoms with Gasteiger partial charge in [0.05, 0.1) is 0 Å². The van der Waals surface area contributed by atoms with Crippen molar-refractivity contribution in [1.29, 1.82) is 0 Å². The second kappa shape index (κ2) is 7.98. The first kappa shape index (κ1) is 19.4. The van der Waals surface area contributed by atoms with Gasteiger partial charge in [0.15, 0.2) is 0 Å². The highest BCUT2D eigenvalue weighted by Gasteiger charge is 2.43. The van der Waals surface area contributed by atoms with Crippen LogP contribution in [0.25, 0.3) is 0 Å². The van der Waals surface area contributed by atoms with Gasteiger partial charge >= 0.3 is 11.9 Å². The quantitative estimate of drug-likeness (QED) is 0.578. The molecule has 2 rings (SSSR count). The molecule has 0 aromatic heterocycles. The van der Waals surface area contributed by atoms with Crippen molar-refractivity contribution in [3.05, 3.63) is 23.3 Å². The largest absolute Gasteiger partial charge is 0.459 e. The third kappa shape index (κ3) is 4.39. The van der Waals surface area contributed by atoms with Gasteiger partial charge in [0.2, 0.25) is 0 Å². The SMILES string of the molecule is CC=C(C)C(=O)O[C@H]1C[C@@H](C)C(=O)CC=C2C[C@H](OC2=O)[C@H]1C(C)C. The lowest BCUT2D eigenvalue weighted by atomic mass is 9.78. The van der Waals surface area contributed by atoms with Crippen molar-refractivity contribution < 1.29 is 23.9 Å². The van der Waals surface area contributed by atoms with Crippen molar-refractivity contribution in [1.82, 2.24) is 0 Å². The van der Waals surface area contributed by atoms with Crippen molar-refractivity contribution in [2.75, 3.05) is 0 Å². The van der Waals surface area contributed by atoms with Crippen LogP contribution in [-0.4, -0.2) is 29.9 Å². The standard InChI is InChI=1S/C20H28O5/c1-6-12(4)19(22)24-16-9-13(5)15(21)8-7-14-10-17(25-20(14)23)18(16)11(2)3/h6-7,11,13,16-18H,8-10H2,1-5H3/t13-,16+,17+,18+/m1/s1. The Morgan fingerprint density at radius 3 is 2.64 bits per heavy atom. The van der Waals surface area contributed by atoms with Crippen molar-refractivity contribution >= 4 is 17.7 Å². The number of Topliss-reactive ketones (excluding diaryl/α,β-unsaturated/α-hetero) is 1. The van der Waals surface area contributed by atoms with Gasteiger partial charge in [-0.25, -0.2) is 9.59 Å². The molecule has 0 amide bonds. The van der Waals surface area contributed by atoms with Gasteiger partial charge < -0.3 is 9.47 Å². The van der Waals surface area contributed by atoms with E-state index in [4.69, 9.17) is 9.47 Å². The van der Waals surface area contributed by atoms with E-state index in [0.29, 0.717) is 24.0 Å². The highest BCUT2D eigenvalue weighted by molar-refractivity contribution is 5.92. The van der Waals surface area contributed by atoms with Crippen molar-refractivity contribution in [2.45, 2.75) is 66.1 Å². The fourth-order valence-electron chi connectivity index (χ4n) is 3.57. The normalized spacial score (nSPS) is 30.8. The maximum Gasteiger partial charge on any atom is 0.334 e. The third-order valence-corrected chi connectivity index (χ3v) is 5.27. The molecule has 2 aliphatic rings. The van der Waals surface area contributed by atoms with Crippen LogP contribution in [-0.2, 0) is 23.9 Å². The van der Waals surface area contributed by atoms with E-state index in [1.165, 1.54) is 0 Å². The fraction of sp³-hybridized carbons (Fsp3) is 0.650. The molecule has 0 radical (unpaired) electrons. The highest BCUT2D eigenvalue weighted by Crippen LogP contribution is 2.37. The topological polar surface area (TPSA) is 69.7 Å². The Morgan fingerprint density at radius 1 is 1.36 bits per heavy atom. The summed E-state index contributed by atoms with van der Waals surface area (Å²) >= 11 is 0. The molecule has 1 saturated heterocycles. The van der Waals surface area contributed by atoms with E-state index in [9.17, 15) is 14.4 Å². The molecule has 0 saturated carbocycles. The first-order valence-corrected chi connectivity index (χ1v) is 9.01. The van der Waals surface area contributed by atoms with Crippen molar-refractivity contribution in [2.24, 2.45) is 17.8 Å². The summed E-state index contributed by atoms with van der Waals surface area (Å²) < 4.78 is 11.4. The first-order valence-electron chi connectivity index (χ1n) is 9.01. The second-order valence-electron chi connectivity index (χ2n) is 7.42. The molecule has 138 valence electrons. The minimum absolute atomic E-state index is 0.0527. The number of carbonyl (C=O) groups excluding carboxylic acids is 3. The van der Waals surface area contributed by atoms with E-state index < -0.39 is 6.10 Å². The third-order valence-electron chi connectivity index (χ3n) is 5.27. The Hall–Kier alpha value is -1.91. The van der Waals surface area contributed by atoms with E-state index >= 15 is 0 Å². The van der Waals surface area contributed by atoms with Gasteiger partial charge in [-0.2, -0.15) is 0 Å². The van der Waals surface area contributed by atoms with Gasteiger partial charge in [-0.05, 0) is 26.2 Å². The predicted molar refractivity (Wildman–Crippen MR) is 93.6 cm³/mol. The highest BCUT2D eigenvalue weighted by atomic mass is 16.6. The zero-order chi connectivity index (χ0) is 18.7. The van der Waals surface area contributed by atoms with E-state index in [1.54, 1.807) is 26.0 Å². The molecule has 25 heavy (non-hydrogen) atoms. The number of hydrogen-bond donors (Lipinski definition) is 0. The number of carbonyl (C=O) groups is 3. The molecule has 4 atom stereocenters. The summed E-state index contributed by atoms with van der Waals surface area (Å²) in [5.74, 6) is -0.923. The summed E-state index contributed by atoms with van der Waals surface area (Å²) in [6.45, 7) is 9.40. The number of ether oxygens (including phenoxy) is 2. The fourth-order valence-corrected chi connectivity index (χ4v) is 3.57. The van der Waals surface area contributed by atoms with Crippen molar-refractivity contribution in [3.8, 4) is 0 Å². The van der Waals surface area contributed by atoms with Gasteiger partial charge in [0, 0.05) is 35.8 Å². The van der Waals surface area contributed by atoms with Crippen LogP contribution >= 0.6 is 0 Å². The Kier molecular flexibility index (Phi) is 6.20. The van der Waals surface area contributed by atoms with E-state index in [2.05, 4.69) is 0 Å².